The molecule has 0 saturated carbocycles. The largest absolute Gasteiger partial charge is 0.386 e. The van der Waals surface area contributed by atoms with Crippen LogP contribution in [0.5, 0.6) is 0 Å². The Bertz CT molecular complexity index is 1310. The highest BCUT2D eigenvalue weighted by Gasteiger charge is 2.56. The van der Waals surface area contributed by atoms with E-state index < -0.39 is 36.9 Å². The van der Waals surface area contributed by atoms with E-state index in [9.17, 15) is 9.00 Å². The topological polar surface area (TPSA) is 111 Å². The zero-order valence-corrected chi connectivity index (χ0v) is 20.8. The van der Waals surface area contributed by atoms with Gasteiger partial charge in [0.25, 0.3) is 0 Å². The fourth-order valence-electron chi connectivity index (χ4n) is 4.45. The number of carbonyl (C=O) groups excluding carboxylic acids is 1. The van der Waals surface area contributed by atoms with Crippen molar-refractivity contribution in [2.45, 2.75) is 55.6 Å². The van der Waals surface area contributed by atoms with Crippen LogP contribution in [0.4, 0.5) is 4.39 Å². The van der Waals surface area contributed by atoms with Crippen molar-refractivity contribution < 1.29 is 13.4 Å². The number of pyridine rings is 2. The third kappa shape index (κ3) is 3.84. The van der Waals surface area contributed by atoms with E-state index in [1.165, 1.54) is 24.4 Å². The average molecular weight is 512 g/mol. The number of nitrogens with two attached hydrogens (primary N) is 1. The van der Waals surface area contributed by atoms with Gasteiger partial charge in [0.2, 0.25) is 0 Å². The number of rotatable bonds is 4. The van der Waals surface area contributed by atoms with Crippen molar-refractivity contribution >= 4 is 44.5 Å². The van der Waals surface area contributed by atoms with Crippen LogP contribution in [0.1, 0.15) is 55.5 Å². The van der Waals surface area contributed by atoms with Crippen LogP contribution in [-0.4, -0.2) is 42.3 Å². The number of carbonyl (C=O) groups is 1. The quantitative estimate of drug-likeness (QED) is 0.613. The molecule has 0 fully saturated rings. The Morgan fingerprint density at radius 1 is 1.30 bits per heavy atom. The van der Waals surface area contributed by atoms with Crippen molar-refractivity contribution in [3.8, 4) is 0 Å². The minimum atomic E-state index is -2.87. The number of Topliss-reactive ketones (excluding diaryl/α,β-unsaturated/α-hetero) is 1. The van der Waals surface area contributed by atoms with E-state index in [0.29, 0.717) is 30.1 Å². The van der Waals surface area contributed by atoms with Gasteiger partial charge < -0.3 is 5.73 Å². The summed E-state index contributed by atoms with van der Waals surface area (Å²) in [4.78, 5) is 25.9. The van der Waals surface area contributed by atoms with Crippen molar-refractivity contribution in [3.63, 3.8) is 0 Å². The molecule has 0 amide bonds. The maximum absolute atomic E-state index is 15.1. The van der Waals surface area contributed by atoms with Gasteiger partial charge in [0.05, 0.1) is 31.4 Å². The smallest absolute Gasteiger partial charge is 0.188 e. The molecule has 4 heterocycles. The molecular formula is C22H24Cl2FN5O2S. The third-order valence-corrected chi connectivity index (χ3v) is 10.6. The second kappa shape index (κ2) is 8.29. The summed E-state index contributed by atoms with van der Waals surface area (Å²) >= 11 is 12.0. The van der Waals surface area contributed by atoms with Crippen LogP contribution >= 0.6 is 23.2 Å². The maximum Gasteiger partial charge on any atom is 0.188 e. The maximum atomic E-state index is 15.1. The van der Waals surface area contributed by atoms with Crippen molar-refractivity contribution in [1.82, 2.24) is 9.97 Å². The summed E-state index contributed by atoms with van der Waals surface area (Å²) < 4.78 is 32.8. The summed E-state index contributed by atoms with van der Waals surface area (Å²) in [6, 6.07) is 4.09. The van der Waals surface area contributed by atoms with Gasteiger partial charge in [-0.2, -0.15) is 0 Å². The van der Waals surface area contributed by atoms with E-state index in [0.717, 1.165) is 0 Å². The highest BCUT2D eigenvalue weighted by molar-refractivity contribution is 7.96. The summed E-state index contributed by atoms with van der Waals surface area (Å²) in [6.45, 7) is 5.67. The third-order valence-electron chi connectivity index (χ3n) is 6.42. The molecular weight excluding hydrogens is 488 g/mol. The van der Waals surface area contributed by atoms with Crippen molar-refractivity contribution in [3.05, 3.63) is 57.3 Å². The molecule has 176 valence electrons. The lowest BCUT2D eigenvalue weighted by Gasteiger charge is -2.47. The lowest BCUT2D eigenvalue weighted by Crippen LogP contribution is -2.60. The fraction of sp³-hybridized carbons (Fsp3) is 0.455. The van der Waals surface area contributed by atoms with Gasteiger partial charge in [-0.3, -0.25) is 14.8 Å². The molecule has 0 spiro atoms. The van der Waals surface area contributed by atoms with E-state index in [1.807, 2.05) is 0 Å². The summed E-state index contributed by atoms with van der Waals surface area (Å²) in [5, 5.41) is -0.137. The summed E-state index contributed by atoms with van der Waals surface area (Å²) in [5.41, 5.74) is 5.33. The number of amidine groups is 1. The molecule has 2 aromatic rings. The molecule has 0 unspecified atom stereocenters. The zero-order chi connectivity index (χ0) is 24.2. The molecule has 2 aliphatic rings. The zero-order valence-electron chi connectivity index (χ0n) is 18.4. The Hall–Kier alpha value is -2.10. The Labute approximate surface area is 202 Å². The summed E-state index contributed by atoms with van der Waals surface area (Å²) in [6.07, 6.45) is 2.43. The van der Waals surface area contributed by atoms with E-state index in [1.54, 1.807) is 20.8 Å². The van der Waals surface area contributed by atoms with Crippen LogP contribution in [-0.2, 0) is 21.7 Å². The lowest BCUT2D eigenvalue weighted by molar-refractivity contribution is 0.0987. The Morgan fingerprint density at radius 3 is 2.73 bits per heavy atom. The molecule has 0 aliphatic carbocycles. The Kier molecular flexibility index (Phi) is 6.04. The van der Waals surface area contributed by atoms with Crippen LogP contribution in [0.25, 0.3) is 0 Å². The standard InChI is InChI=1S/C22H24Cl2FN5O2S/c1-21(2)20(26)30-22(3,17-5-4-8-28-33(17,21)32)19-15(25)7-6-13(29-19)10-16(31)18-14(24)9-12(23)11-27-18/h6-7,9,11,17H,4-5,8,10H2,1-3H3,(H2,26,30)/t17-,22+,33-/m1/s1. The molecule has 2 N–H and O–H groups in total. The number of nitrogens with zero attached hydrogens (tertiary/aromatic N) is 4. The normalized spacial score (nSPS) is 28.4. The first kappa shape index (κ1) is 24.0. The van der Waals surface area contributed by atoms with E-state index in [-0.39, 0.29) is 28.7 Å². The number of hydrogen-bond acceptors (Lipinski definition) is 7. The fourth-order valence-corrected chi connectivity index (χ4v) is 8.17. The predicted octanol–water partition coefficient (Wildman–Crippen LogP) is 4.34. The molecule has 3 atom stereocenters. The predicted molar refractivity (Wildman–Crippen MR) is 128 cm³/mol. The van der Waals surface area contributed by atoms with Crippen LogP contribution in [0.15, 0.2) is 33.8 Å². The van der Waals surface area contributed by atoms with Gasteiger partial charge in [-0.05, 0) is 51.8 Å². The summed E-state index contributed by atoms with van der Waals surface area (Å²) in [7, 11) is -2.87. The Balaban J connectivity index is 1.78. The van der Waals surface area contributed by atoms with Gasteiger partial charge in [-0.25, -0.2) is 17.9 Å². The lowest BCUT2D eigenvalue weighted by atomic mass is 9.88. The van der Waals surface area contributed by atoms with E-state index in [4.69, 9.17) is 28.9 Å². The number of ketones is 1. The highest BCUT2D eigenvalue weighted by Crippen LogP contribution is 2.46. The molecule has 0 bridgehead atoms. The molecule has 0 aromatic carbocycles. The number of fused-ring (bicyclic) bond motifs is 1. The van der Waals surface area contributed by atoms with Gasteiger partial charge in [-0.15, -0.1) is 0 Å². The monoisotopic (exact) mass is 511 g/mol. The second-order valence-corrected chi connectivity index (χ2v) is 12.8. The first-order chi connectivity index (χ1) is 15.4. The van der Waals surface area contributed by atoms with Crippen molar-refractivity contribution in [2.75, 3.05) is 6.54 Å². The van der Waals surface area contributed by atoms with E-state index in [2.05, 4.69) is 19.3 Å². The van der Waals surface area contributed by atoms with Crippen LogP contribution < -0.4 is 5.73 Å². The van der Waals surface area contributed by atoms with Crippen LogP contribution in [0, 0.1) is 5.82 Å². The SMILES string of the molecule is CC1(C)C(N)=N[C@](C)(c2nc(CC(=O)c3ncc(Cl)cc3Cl)ccc2F)[C@H]2CCCN=[S@@]21=O. The van der Waals surface area contributed by atoms with Gasteiger partial charge in [0.15, 0.2) is 5.78 Å². The minimum absolute atomic E-state index is 0.00348. The van der Waals surface area contributed by atoms with Crippen molar-refractivity contribution in [2.24, 2.45) is 15.1 Å². The van der Waals surface area contributed by atoms with Crippen LogP contribution in [0.3, 0.4) is 0 Å². The average Bonchev–Trinajstić information content (AvgIpc) is 2.74. The molecule has 33 heavy (non-hydrogen) atoms. The number of hydrogen-bond donors (Lipinski definition) is 1. The molecule has 7 nitrogen and oxygen atoms in total. The number of halogens is 3. The summed E-state index contributed by atoms with van der Waals surface area (Å²) in [5.74, 6) is -0.854. The second-order valence-electron chi connectivity index (χ2n) is 8.92. The molecule has 0 saturated heterocycles. The minimum Gasteiger partial charge on any atom is -0.386 e. The first-order valence-corrected chi connectivity index (χ1v) is 12.8. The molecule has 11 heteroatoms. The first-order valence-electron chi connectivity index (χ1n) is 10.5. The van der Waals surface area contributed by atoms with Crippen molar-refractivity contribution in [1.29, 1.82) is 0 Å². The molecule has 2 aromatic heterocycles. The van der Waals surface area contributed by atoms with Gasteiger partial charge in [-0.1, -0.05) is 23.2 Å². The Morgan fingerprint density at radius 2 is 2.03 bits per heavy atom. The van der Waals surface area contributed by atoms with Gasteiger partial charge in [0, 0.05) is 18.4 Å². The number of aromatic nitrogens is 2. The molecule has 4 rings (SSSR count). The number of aliphatic imine (C=N–C) groups is 1. The molecule has 0 radical (unpaired) electrons. The van der Waals surface area contributed by atoms with Crippen LogP contribution in [0.2, 0.25) is 10.0 Å². The van der Waals surface area contributed by atoms with E-state index >= 15 is 4.39 Å². The molecule has 2 aliphatic heterocycles. The van der Waals surface area contributed by atoms with Gasteiger partial charge >= 0.3 is 0 Å². The highest BCUT2D eigenvalue weighted by atomic mass is 35.5. The van der Waals surface area contributed by atoms with Gasteiger partial charge in [0.1, 0.15) is 33.3 Å².